The fraction of sp³-hybridized carbons (Fsp3) is 0.583. The number of furan rings is 1. The maximum atomic E-state index is 11.3. The number of rotatable bonds is 1. The standard InChI is InChI=1S/C12H16O3/c1-7-6-8-9(15-7)4-5-12(2,3)10(8)11(13)14/h6,10H,4-5H2,1-3H3,(H,13,14). The molecule has 3 nitrogen and oxygen atoms in total. The average Bonchev–Trinajstić information content (AvgIpc) is 2.42. The molecule has 1 N–H and O–H groups in total. The minimum Gasteiger partial charge on any atom is -0.481 e. The first-order valence-corrected chi connectivity index (χ1v) is 5.24. The second-order valence-electron chi connectivity index (χ2n) is 5.00. The van der Waals surface area contributed by atoms with Gasteiger partial charge in [-0.3, -0.25) is 4.79 Å². The smallest absolute Gasteiger partial charge is 0.311 e. The first-order chi connectivity index (χ1) is 6.92. The van der Waals surface area contributed by atoms with Crippen molar-refractivity contribution in [3.63, 3.8) is 0 Å². The Balaban J connectivity index is 2.52. The Bertz CT molecular complexity index is 401. The van der Waals surface area contributed by atoms with Gasteiger partial charge in [-0.15, -0.1) is 0 Å². The molecule has 1 aliphatic rings. The Hall–Kier alpha value is -1.25. The summed E-state index contributed by atoms with van der Waals surface area (Å²) in [5.74, 6) is 0.489. The van der Waals surface area contributed by atoms with Crippen LogP contribution in [-0.4, -0.2) is 11.1 Å². The average molecular weight is 208 g/mol. The van der Waals surface area contributed by atoms with Crippen LogP contribution in [0.2, 0.25) is 0 Å². The summed E-state index contributed by atoms with van der Waals surface area (Å²) in [4.78, 5) is 11.3. The predicted molar refractivity (Wildman–Crippen MR) is 55.9 cm³/mol. The van der Waals surface area contributed by atoms with Crippen molar-refractivity contribution in [1.29, 1.82) is 0 Å². The van der Waals surface area contributed by atoms with Gasteiger partial charge in [0.1, 0.15) is 11.5 Å². The van der Waals surface area contributed by atoms with Crippen LogP contribution < -0.4 is 0 Å². The Labute approximate surface area is 89.1 Å². The summed E-state index contributed by atoms with van der Waals surface area (Å²) >= 11 is 0. The molecule has 0 saturated carbocycles. The van der Waals surface area contributed by atoms with Gasteiger partial charge in [-0.2, -0.15) is 0 Å². The molecule has 0 bridgehead atoms. The van der Waals surface area contributed by atoms with E-state index < -0.39 is 11.9 Å². The van der Waals surface area contributed by atoms with Crippen LogP contribution in [0.25, 0.3) is 0 Å². The Morgan fingerprint density at radius 3 is 2.87 bits per heavy atom. The lowest BCUT2D eigenvalue weighted by atomic mass is 9.68. The lowest BCUT2D eigenvalue weighted by Crippen LogP contribution is -2.33. The van der Waals surface area contributed by atoms with Gasteiger partial charge < -0.3 is 9.52 Å². The van der Waals surface area contributed by atoms with Crippen molar-refractivity contribution in [2.75, 3.05) is 0 Å². The highest BCUT2D eigenvalue weighted by atomic mass is 16.4. The van der Waals surface area contributed by atoms with Gasteiger partial charge in [-0.25, -0.2) is 0 Å². The molecule has 3 heteroatoms. The predicted octanol–water partition coefficient (Wildman–Crippen LogP) is 2.73. The summed E-state index contributed by atoms with van der Waals surface area (Å²) in [6, 6.07) is 1.87. The van der Waals surface area contributed by atoms with Crippen LogP contribution in [-0.2, 0) is 11.2 Å². The Morgan fingerprint density at radius 1 is 1.60 bits per heavy atom. The number of carboxylic acids is 1. The van der Waals surface area contributed by atoms with Gasteiger partial charge in [0.15, 0.2) is 0 Å². The molecule has 0 aliphatic heterocycles. The van der Waals surface area contributed by atoms with Crippen LogP contribution in [0.15, 0.2) is 10.5 Å². The number of carboxylic acid groups (broad SMARTS) is 1. The Kier molecular flexibility index (Phi) is 2.14. The maximum Gasteiger partial charge on any atom is 0.311 e. The molecule has 1 aromatic rings. The highest BCUT2D eigenvalue weighted by Gasteiger charge is 2.42. The third-order valence-electron chi connectivity index (χ3n) is 3.30. The van der Waals surface area contributed by atoms with Crippen molar-refractivity contribution in [3.05, 3.63) is 23.2 Å². The molecule has 0 spiro atoms. The molecule has 15 heavy (non-hydrogen) atoms. The minimum atomic E-state index is -0.748. The molecule has 1 heterocycles. The van der Waals surface area contributed by atoms with Crippen LogP contribution in [0.4, 0.5) is 0 Å². The molecule has 0 fully saturated rings. The number of aryl methyl sites for hydroxylation is 2. The Morgan fingerprint density at radius 2 is 2.27 bits per heavy atom. The van der Waals surface area contributed by atoms with Crippen molar-refractivity contribution in [2.45, 2.75) is 39.5 Å². The molecule has 1 unspecified atom stereocenters. The lowest BCUT2D eigenvalue weighted by Gasteiger charge is -2.35. The second kappa shape index (κ2) is 3.12. The van der Waals surface area contributed by atoms with Crippen LogP contribution in [0.3, 0.4) is 0 Å². The zero-order valence-electron chi connectivity index (χ0n) is 9.33. The third-order valence-corrected chi connectivity index (χ3v) is 3.30. The minimum absolute atomic E-state index is 0.185. The zero-order valence-corrected chi connectivity index (χ0v) is 9.33. The molecule has 1 aromatic heterocycles. The highest BCUT2D eigenvalue weighted by molar-refractivity contribution is 5.78. The monoisotopic (exact) mass is 208 g/mol. The van der Waals surface area contributed by atoms with E-state index in [1.165, 1.54) is 0 Å². The first kappa shape index (κ1) is 10.3. The second-order valence-corrected chi connectivity index (χ2v) is 5.00. The summed E-state index contributed by atoms with van der Waals surface area (Å²) in [5.41, 5.74) is 0.686. The zero-order chi connectivity index (χ0) is 11.2. The van der Waals surface area contributed by atoms with Crippen LogP contribution in [0, 0.1) is 12.3 Å². The fourth-order valence-electron chi connectivity index (χ4n) is 2.49. The highest BCUT2D eigenvalue weighted by Crippen LogP contribution is 2.46. The van der Waals surface area contributed by atoms with Crippen LogP contribution in [0.5, 0.6) is 0 Å². The normalized spacial score (nSPS) is 23.5. The molecule has 2 rings (SSSR count). The van der Waals surface area contributed by atoms with E-state index in [9.17, 15) is 9.90 Å². The number of aliphatic carboxylic acids is 1. The molecule has 0 saturated heterocycles. The summed E-state index contributed by atoms with van der Waals surface area (Å²) in [6.07, 6.45) is 1.71. The number of hydrogen-bond donors (Lipinski definition) is 1. The van der Waals surface area contributed by atoms with Gasteiger partial charge in [0, 0.05) is 12.0 Å². The van der Waals surface area contributed by atoms with Gasteiger partial charge in [0.25, 0.3) is 0 Å². The van der Waals surface area contributed by atoms with E-state index >= 15 is 0 Å². The van der Waals surface area contributed by atoms with Crippen molar-refractivity contribution in [1.82, 2.24) is 0 Å². The van der Waals surface area contributed by atoms with E-state index in [1.54, 1.807) is 0 Å². The first-order valence-electron chi connectivity index (χ1n) is 5.24. The van der Waals surface area contributed by atoms with E-state index in [0.717, 1.165) is 29.9 Å². The fourth-order valence-corrected chi connectivity index (χ4v) is 2.49. The largest absolute Gasteiger partial charge is 0.481 e. The molecular formula is C12H16O3. The molecule has 1 atom stereocenters. The maximum absolute atomic E-state index is 11.3. The lowest BCUT2D eigenvalue weighted by molar-refractivity contribution is -0.142. The SMILES string of the molecule is Cc1cc2c(o1)CCC(C)(C)C2C(=O)O. The van der Waals surface area contributed by atoms with Crippen molar-refractivity contribution >= 4 is 5.97 Å². The summed E-state index contributed by atoms with van der Waals surface area (Å²) in [7, 11) is 0. The summed E-state index contributed by atoms with van der Waals surface area (Å²) in [5, 5.41) is 9.29. The van der Waals surface area contributed by atoms with E-state index in [4.69, 9.17) is 4.42 Å². The molecule has 0 radical (unpaired) electrons. The van der Waals surface area contributed by atoms with Gasteiger partial charge >= 0.3 is 5.97 Å². The van der Waals surface area contributed by atoms with Gasteiger partial charge in [0.05, 0.1) is 5.92 Å². The van der Waals surface area contributed by atoms with E-state index in [1.807, 2.05) is 26.8 Å². The van der Waals surface area contributed by atoms with Gasteiger partial charge in [0.2, 0.25) is 0 Å². The van der Waals surface area contributed by atoms with E-state index in [2.05, 4.69) is 0 Å². The van der Waals surface area contributed by atoms with Crippen molar-refractivity contribution < 1.29 is 14.3 Å². The molecule has 1 aliphatic carbocycles. The summed E-state index contributed by atoms with van der Waals surface area (Å²) in [6.45, 7) is 5.89. The number of fused-ring (bicyclic) bond motifs is 1. The van der Waals surface area contributed by atoms with Crippen LogP contribution >= 0.6 is 0 Å². The quantitative estimate of drug-likeness (QED) is 0.772. The van der Waals surface area contributed by atoms with Crippen molar-refractivity contribution in [2.24, 2.45) is 5.41 Å². The number of carbonyl (C=O) groups is 1. The molecule has 0 aromatic carbocycles. The summed E-state index contributed by atoms with van der Waals surface area (Å²) < 4.78 is 5.52. The topological polar surface area (TPSA) is 50.4 Å². The third kappa shape index (κ3) is 1.56. The molecule has 82 valence electrons. The van der Waals surface area contributed by atoms with Gasteiger partial charge in [-0.05, 0) is 24.8 Å². The van der Waals surface area contributed by atoms with E-state index in [-0.39, 0.29) is 5.41 Å². The van der Waals surface area contributed by atoms with Crippen LogP contribution in [0.1, 0.15) is 43.3 Å². The molecular weight excluding hydrogens is 192 g/mol. The molecule has 0 amide bonds. The van der Waals surface area contributed by atoms with Crippen molar-refractivity contribution in [3.8, 4) is 0 Å². The van der Waals surface area contributed by atoms with Gasteiger partial charge in [-0.1, -0.05) is 13.8 Å². The van der Waals surface area contributed by atoms with E-state index in [0.29, 0.717) is 0 Å². The number of hydrogen-bond acceptors (Lipinski definition) is 2.